The van der Waals surface area contributed by atoms with Gasteiger partial charge in [-0.25, -0.2) is 9.13 Å². The highest BCUT2D eigenvalue weighted by atomic mass is 31.2. The summed E-state index contributed by atoms with van der Waals surface area (Å²) in [6.07, 6.45) is 119. The molecule has 0 fully saturated rings. The molecule has 0 amide bonds. The number of phosphoric ester groups is 2. The van der Waals surface area contributed by atoms with Gasteiger partial charge in [0.1, 0.15) is 25.4 Å². The molecule has 0 saturated heterocycles. The number of esters is 3. The third-order valence-corrected chi connectivity index (χ3v) is 19.6. The maximum Gasteiger partial charge on any atom is 0.472 e. The molecular weight excluding hydrogens is 1480 g/mol. The molecule has 115 heavy (non-hydrogen) atoms. The Kier molecular flexibility index (Phi) is 82.5. The fraction of sp³-hybridized carbons (Fsp3) is 0.598. The number of hydrogen-bond donors (Lipinski definition) is 4. The Bertz CT molecular complexity index is 2970. The van der Waals surface area contributed by atoms with Gasteiger partial charge in [-0.05, 0) is 161 Å². The summed E-state index contributed by atoms with van der Waals surface area (Å²) in [7, 11) is -9.85. The molecule has 0 aliphatic heterocycles. The Morgan fingerprint density at radius 2 is 0.452 bits per heavy atom. The number of phosphoric acid groups is 2. The Morgan fingerprint density at radius 3 is 0.722 bits per heavy atom. The van der Waals surface area contributed by atoms with Crippen LogP contribution in [0.5, 0.6) is 0 Å². The molecule has 0 rings (SSSR count). The number of rotatable bonds is 81. The van der Waals surface area contributed by atoms with Gasteiger partial charge in [0.05, 0.1) is 26.4 Å². The van der Waals surface area contributed by atoms with Crippen molar-refractivity contribution >= 4 is 33.6 Å². The zero-order chi connectivity index (χ0) is 83.6. The summed E-state index contributed by atoms with van der Waals surface area (Å²) in [4.78, 5) is 58.8. The lowest BCUT2D eigenvalue weighted by Crippen LogP contribution is -2.29. The van der Waals surface area contributed by atoms with E-state index in [4.69, 9.17) is 32.3 Å². The second-order valence-corrected chi connectivity index (χ2v) is 31.5. The van der Waals surface area contributed by atoms with Crippen molar-refractivity contribution < 1.29 is 75.8 Å². The Hall–Kier alpha value is -6.13. The molecule has 0 bridgehead atoms. The standard InChI is InChI=1S/C97H156O16P2/c1-4-7-10-13-16-19-22-25-28-31-34-36-38-40-42-43-44-45-46-47-49-51-52-54-57-59-62-65-68-71-74-77-80-83-95(100)107-86-92(98)87-109-114(103,104)110-88-93(99)89-111-115(105,106)112-91-94(113-97(102)85-82-79-76-73-70-67-64-61-56-33-30-27-24-21-18-15-12-9-6-3)90-108-96(101)84-81-78-75-72-69-66-63-60-58-55-53-50-48-41-39-37-35-32-29-26-23-20-17-14-11-8-5-2/h7-12,16-21,25-30,34-37,40-42,44-45,48,53,55-56,61,67,70,76,79,92-94,98-99H,4-6,13-15,22-24,31-33,38-39,43,46-47,49-52,54,57-60,62-66,68-69,71-75,77-78,80-91H2,1-3H3,(H,103,104)(H,105,106)/b10-7-,11-8-,12-9-,19-16-,20-17-,21-18-,28-25-,29-26-,30-27-,36-34-,37-35-,42-40-,45-44-,48-41-,55-53-,61-56-,70-67-,79-76-. The molecule has 0 aromatic heterocycles. The van der Waals surface area contributed by atoms with E-state index in [1.165, 1.54) is 70.6 Å². The molecule has 0 saturated carbocycles. The van der Waals surface area contributed by atoms with Gasteiger partial charge in [0, 0.05) is 19.3 Å². The highest BCUT2D eigenvalue weighted by Gasteiger charge is 2.29. The Morgan fingerprint density at radius 1 is 0.243 bits per heavy atom. The number of hydrogen-bond acceptors (Lipinski definition) is 14. The third-order valence-electron chi connectivity index (χ3n) is 17.7. The molecule has 18 heteroatoms. The monoisotopic (exact) mass is 1640 g/mol. The first-order valence-electron chi connectivity index (χ1n) is 44.0. The van der Waals surface area contributed by atoms with Gasteiger partial charge in [0.25, 0.3) is 0 Å². The number of aliphatic hydroxyl groups excluding tert-OH is 2. The lowest BCUT2D eigenvalue weighted by Gasteiger charge is -2.21. The van der Waals surface area contributed by atoms with Crippen LogP contribution in [-0.2, 0) is 55.8 Å². The topological polar surface area (TPSA) is 231 Å². The van der Waals surface area contributed by atoms with Crippen LogP contribution in [-0.4, -0.2) is 95.9 Å². The van der Waals surface area contributed by atoms with Gasteiger partial charge in [-0.2, -0.15) is 0 Å². The molecule has 5 unspecified atom stereocenters. The van der Waals surface area contributed by atoms with E-state index in [2.05, 4.69) is 221 Å². The van der Waals surface area contributed by atoms with Crippen LogP contribution >= 0.6 is 15.6 Å². The molecule has 16 nitrogen and oxygen atoms in total. The van der Waals surface area contributed by atoms with Crippen LogP contribution in [0, 0.1) is 0 Å². The van der Waals surface area contributed by atoms with E-state index in [1.54, 1.807) is 0 Å². The average Bonchev–Trinajstić information content (AvgIpc) is 0.902. The third kappa shape index (κ3) is 88.5. The van der Waals surface area contributed by atoms with Gasteiger partial charge in [-0.1, -0.05) is 355 Å². The largest absolute Gasteiger partial charge is 0.472 e. The van der Waals surface area contributed by atoms with Gasteiger partial charge in [-0.15, -0.1) is 0 Å². The maximum absolute atomic E-state index is 13.0. The summed E-state index contributed by atoms with van der Waals surface area (Å²) in [5, 5.41) is 20.7. The minimum absolute atomic E-state index is 0.0308. The first-order chi connectivity index (χ1) is 56.2. The van der Waals surface area contributed by atoms with Crippen molar-refractivity contribution in [2.24, 2.45) is 0 Å². The zero-order valence-electron chi connectivity index (χ0n) is 71.4. The number of aliphatic hydroxyl groups is 2. The maximum atomic E-state index is 13.0. The number of unbranched alkanes of at least 4 members (excludes halogenated alkanes) is 22. The van der Waals surface area contributed by atoms with E-state index < -0.39 is 91.5 Å². The summed E-state index contributed by atoms with van der Waals surface area (Å²) >= 11 is 0. The molecule has 5 atom stereocenters. The lowest BCUT2D eigenvalue weighted by atomic mass is 10.0. The summed E-state index contributed by atoms with van der Waals surface area (Å²) in [6.45, 7) is 2.23. The van der Waals surface area contributed by atoms with Gasteiger partial charge >= 0.3 is 33.6 Å². The average molecular weight is 1640 g/mol. The highest BCUT2D eigenvalue weighted by Crippen LogP contribution is 2.45. The normalized spacial score (nSPS) is 14.9. The van der Waals surface area contributed by atoms with Gasteiger partial charge in [0.15, 0.2) is 6.10 Å². The van der Waals surface area contributed by atoms with E-state index in [0.29, 0.717) is 25.7 Å². The van der Waals surface area contributed by atoms with Crippen LogP contribution in [0.4, 0.5) is 0 Å². The smallest absolute Gasteiger partial charge is 0.463 e. The molecule has 0 aromatic carbocycles. The van der Waals surface area contributed by atoms with E-state index in [-0.39, 0.29) is 19.3 Å². The number of allylic oxidation sites excluding steroid dienone is 36. The van der Waals surface area contributed by atoms with Crippen molar-refractivity contribution in [3.63, 3.8) is 0 Å². The van der Waals surface area contributed by atoms with E-state index >= 15 is 0 Å². The van der Waals surface area contributed by atoms with Crippen LogP contribution in [0.2, 0.25) is 0 Å². The first kappa shape index (κ1) is 109. The van der Waals surface area contributed by atoms with E-state index in [1.807, 2.05) is 18.2 Å². The van der Waals surface area contributed by atoms with Crippen LogP contribution < -0.4 is 0 Å². The fourth-order valence-electron chi connectivity index (χ4n) is 11.1. The minimum atomic E-state index is -4.97. The minimum Gasteiger partial charge on any atom is -0.463 e. The number of ether oxygens (including phenoxy) is 3. The van der Waals surface area contributed by atoms with Crippen molar-refractivity contribution in [1.82, 2.24) is 0 Å². The molecular formula is C97H156O16P2. The predicted molar refractivity (Wildman–Crippen MR) is 481 cm³/mol. The quantitative estimate of drug-likeness (QED) is 0.0146. The fourth-order valence-corrected chi connectivity index (χ4v) is 12.7. The van der Waals surface area contributed by atoms with Crippen molar-refractivity contribution in [2.75, 3.05) is 39.6 Å². The van der Waals surface area contributed by atoms with Crippen molar-refractivity contribution in [1.29, 1.82) is 0 Å². The molecule has 4 N–H and O–H groups in total. The highest BCUT2D eigenvalue weighted by molar-refractivity contribution is 7.47. The molecule has 0 aliphatic rings. The van der Waals surface area contributed by atoms with Gasteiger partial charge < -0.3 is 34.2 Å². The van der Waals surface area contributed by atoms with Crippen LogP contribution in [0.3, 0.4) is 0 Å². The van der Waals surface area contributed by atoms with E-state index in [9.17, 15) is 43.5 Å². The van der Waals surface area contributed by atoms with Crippen LogP contribution in [0.1, 0.15) is 316 Å². The summed E-state index contributed by atoms with van der Waals surface area (Å²) in [6, 6.07) is 0. The van der Waals surface area contributed by atoms with Crippen molar-refractivity contribution in [3.8, 4) is 0 Å². The Balaban J connectivity index is 4.62. The molecule has 0 heterocycles. The predicted octanol–water partition coefficient (Wildman–Crippen LogP) is 27.0. The van der Waals surface area contributed by atoms with Crippen molar-refractivity contribution in [3.05, 3.63) is 219 Å². The summed E-state index contributed by atoms with van der Waals surface area (Å²) in [5.74, 6) is -1.69. The summed E-state index contributed by atoms with van der Waals surface area (Å²) in [5.41, 5.74) is 0. The van der Waals surface area contributed by atoms with Crippen LogP contribution in [0.15, 0.2) is 219 Å². The molecule has 0 aromatic rings. The number of carbonyl (C=O) groups is 3. The molecule has 650 valence electrons. The molecule has 0 spiro atoms. The van der Waals surface area contributed by atoms with Gasteiger partial charge in [-0.3, -0.25) is 32.5 Å². The Labute approximate surface area is 698 Å². The van der Waals surface area contributed by atoms with Crippen LogP contribution in [0.25, 0.3) is 0 Å². The van der Waals surface area contributed by atoms with E-state index in [0.717, 1.165) is 180 Å². The number of carbonyl (C=O) groups excluding carboxylic acids is 3. The molecule has 0 aliphatic carbocycles. The SMILES string of the molecule is CC/C=C\C/C=C\C/C=C\C/C=C\C/C=C\C/C=C\CCCCCCCCCCCCCCCCC(=O)OCC(O)COP(=O)(O)OCC(O)COP(=O)(O)OCC(COC(=O)CCCCCCCCCC/C=C\C/C=C\C/C=C\C/C=C\C/C=C\C/C=C\CC)OC(=O)CC/C=C\C/C=C\C/C=C\C/C=C\C/C=C\C/C=C\CC. The zero-order valence-corrected chi connectivity index (χ0v) is 73.2. The first-order valence-corrected chi connectivity index (χ1v) is 47.0. The summed E-state index contributed by atoms with van der Waals surface area (Å²) < 4.78 is 61.3. The second-order valence-electron chi connectivity index (χ2n) is 28.5. The molecule has 0 radical (unpaired) electrons. The van der Waals surface area contributed by atoms with Crippen molar-refractivity contribution in [2.45, 2.75) is 334 Å². The lowest BCUT2D eigenvalue weighted by molar-refractivity contribution is -0.161. The van der Waals surface area contributed by atoms with Gasteiger partial charge in [0.2, 0.25) is 0 Å². The second kappa shape index (κ2) is 87.2.